The topological polar surface area (TPSA) is 76.7 Å². The molecule has 1 saturated carbocycles. The normalized spacial score (nSPS) is 36.7. The zero-order valence-corrected chi connectivity index (χ0v) is 21.1. The summed E-state index contributed by atoms with van der Waals surface area (Å²) in [6.45, 7) is 10.5. The first-order valence-corrected chi connectivity index (χ1v) is 12.6. The summed E-state index contributed by atoms with van der Waals surface area (Å²) in [5, 5.41) is 0. The van der Waals surface area contributed by atoms with Crippen LogP contribution in [0.3, 0.4) is 0 Å². The lowest BCUT2D eigenvalue weighted by atomic mass is 9.68. The third-order valence-corrected chi connectivity index (χ3v) is 8.20. The van der Waals surface area contributed by atoms with Crippen LogP contribution in [-0.2, 0) is 25.4 Å². The number of methoxy groups -OCH3 is 1. The van der Waals surface area contributed by atoms with E-state index in [2.05, 4.69) is 37.9 Å². The molecule has 1 amide bonds. The first-order valence-electron chi connectivity index (χ1n) is 12.6. The van der Waals surface area contributed by atoms with Crippen LogP contribution >= 0.6 is 0 Å². The molecule has 34 heavy (non-hydrogen) atoms. The highest BCUT2D eigenvalue weighted by atomic mass is 16.6. The van der Waals surface area contributed by atoms with Crippen LogP contribution < -0.4 is 0 Å². The number of nitrogens with zero attached hydrogens (tertiary/aromatic N) is 2. The molecule has 1 aromatic heterocycles. The van der Waals surface area contributed by atoms with E-state index in [1.165, 1.54) is 11.1 Å². The molecule has 186 valence electrons. The van der Waals surface area contributed by atoms with Crippen molar-refractivity contribution in [1.82, 2.24) is 9.88 Å². The van der Waals surface area contributed by atoms with Gasteiger partial charge in [-0.1, -0.05) is 17.7 Å². The summed E-state index contributed by atoms with van der Waals surface area (Å²) >= 11 is 0. The second-order valence-electron chi connectivity index (χ2n) is 11.1. The number of pyridine rings is 1. The molecule has 0 bridgehead atoms. The first kappa shape index (κ1) is 23.8. The van der Waals surface area contributed by atoms with E-state index >= 15 is 0 Å². The summed E-state index contributed by atoms with van der Waals surface area (Å²) in [7, 11) is 1.71. The number of carbonyl (C=O) groups excluding carboxylic acids is 1. The summed E-state index contributed by atoms with van der Waals surface area (Å²) in [6.07, 6.45) is 6.99. The molecular formula is C27H38N2O5. The first-order chi connectivity index (χ1) is 16.2. The van der Waals surface area contributed by atoms with Gasteiger partial charge in [-0.05, 0) is 70.9 Å². The Kier molecular flexibility index (Phi) is 6.23. The summed E-state index contributed by atoms with van der Waals surface area (Å²) in [5.74, 6) is 0.498. The molecule has 7 heteroatoms. The lowest BCUT2D eigenvalue weighted by Gasteiger charge is -2.44. The van der Waals surface area contributed by atoms with Crippen molar-refractivity contribution in [2.24, 2.45) is 11.8 Å². The van der Waals surface area contributed by atoms with E-state index in [1.807, 2.05) is 19.2 Å². The van der Waals surface area contributed by atoms with Crippen molar-refractivity contribution in [1.29, 1.82) is 0 Å². The maximum atomic E-state index is 13.0. The smallest absolute Gasteiger partial charge is 0.410 e. The highest BCUT2D eigenvalue weighted by molar-refractivity contribution is 5.69. The standard InChI is InChI=1S/C27H38N2O5/c1-17(2)6-9-22-26(4,34-22)24-23(31-5)21(10-11-27(24)16-32-27)33-25(30)29-14-20(15-29)12-19-8-7-18(3)28-13-19/h6-8,13,20-24H,9-12,14-16H2,1-5H3/t21-,22-,23-,24-,26+,27+/m1/s1. The zero-order valence-electron chi connectivity index (χ0n) is 21.1. The molecule has 6 atom stereocenters. The molecular weight excluding hydrogens is 432 g/mol. The van der Waals surface area contributed by atoms with Gasteiger partial charge >= 0.3 is 6.09 Å². The van der Waals surface area contributed by atoms with E-state index in [-0.39, 0.29) is 41.5 Å². The molecule has 0 radical (unpaired) electrons. The van der Waals surface area contributed by atoms with Gasteiger partial charge in [0.05, 0.1) is 18.6 Å². The van der Waals surface area contributed by atoms with Crippen LogP contribution in [0.15, 0.2) is 30.0 Å². The molecule has 4 aliphatic rings. The van der Waals surface area contributed by atoms with Crippen molar-refractivity contribution in [3.8, 4) is 0 Å². The van der Waals surface area contributed by atoms with Gasteiger partial charge in [-0.25, -0.2) is 4.79 Å². The van der Waals surface area contributed by atoms with Gasteiger partial charge in [-0.2, -0.15) is 0 Å². The molecule has 1 aromatic rings. The lowest BCUT2D eigenvalue weighted by Crippen LogP contribution is -2.57. The number of likely N-dealkylation sites (tertiary alicyclic amines) is 1. The molecule has 5 rings (SSSR count). The molecule has 3 saturated heterocycles. The molecule has 0 aromatic carbocycles. The Morgan fingerprint density at radius 3 is 2.71 bits per heavy atom. The fourth-order valence-electron chi connectivity index (χ4n) is 6.07. The Bertz CT molecular complexity index is 933. The highest BCUT2D eigenvalue weighted by Crippen LogP contribution is 2.59. The van der Waals surface area contributed by atoms with Gasteiger partial charge in [0.25, 0.3) is 0 Å². The minimum absolute atomic E-state index is 0.0466. The van der Waals surface area contributed by atoms with Crippen molar-refractivity contribution in [3.05, 3.63) is 41.2 Å². The second-order valence-corrected chi connectivity index (χ2v) is 11.1. The van der Waals surface area contributed by atoms with E-state index in [9.17, 15) is 4.79 Å². The molecule has 1 spiro atoms. The Morgan fingerprint density at radius 2 is 2.09 bits per heavy atom. The summed E-state index contributed by atoms with van der Waals surface area (Å²) in [5.41, 5.74) is 3.00. The Hall–Kier alpha value is -1.96. The van der Waals surface area contributed by atoms with Crippen molar-refractivity contribution < 1.29 is 23.7 Å². The minimum Gasteiger partial charge on any atom is -0.443 e. The third-order valence-electron chi connectivity index (χ3n) is 8.20. The predicted octanol–water partition coefficient (Wildman–Crippen LogP) is 4.08. The maximum Gasteiger partial charge on any atom is 0.410 e. The largest absolute Gasteiger partial charge is 0.443 e. The summed E-state index contributed by atoms with van der Waals surface area (Å²) in [6, 6.07) is 4.16. The lowest BCUT2D eigenvalue weighted by molar-refractivity contribution is -0.124. The van der Waals surface area contributed by atoms with Gasteiger partial charge in [-0.3, -0.25) is 4.98 Å². The SMILES string of the molecule is CO[C@@H]1[C@H](OC(=O)N2CC(Cc3ccc(C)nc3)C2)CC[C@]2(CO2)[C@H]1[C@@]1(C)O[C@@H]1CC=C(C)C. The molecule has 0 unspecified atom stereocenters. The van der Waals surface area contributed by atoms with Gasteiger partial charge in [-0.15, -0.1) is 0 Å². The molecule has 3 aliphatic heterocycles. The van der Waals surface area contributed by atoms with E-state index in [4.69, 9.17) is 18.9 Å². The third kappa shape index (κ3) is 4.50. The number of amides is 1. The Balaban J connectivity index is 1.19. The minimum atomic E-state index is -0.321. The summed E-state index contributed by atoms with van der Waals surface area (Å²) in [4.78, 5) is 19.1. The monoisotopic (exact) mass is 470 g/mol. The van der Waals surface area contributed by atoms with Crippen LogP contribution in [0.2, 0.25) is 0 Å². The van der Waals surface area contributed by atoms with Gasteiger partial charge < -0.3 is 23.8 Å². The number of rotatable bonds is 7. The molecule has 4 fully saturated rings. The quantitative estimate of drug-likeness (QED) is 0.442. The number of hydrogen-bond acceptors (Lipinski definition) is 6. The number of epoxide rings is 2. The number of carbonyl (C=O) groups is 1. The van der Waals surface area contributed by atoms with E-state index in [0.717, 1.165) is 51.1 Å². The number of ether oxygens (including phenoxy) is 4. The fourth-order valence-corrected chi connectivity index (χ4v) is 6.07. The predicted molar refractivity (Wildman–Crippen MR) is 128 cm³/mol. The number of aromatic nitrogens is 1. The van der Waals surface area contributed by atoms with Crippen LogP contribution in [-0.4, -0.2) is 72.3 Å². The van der Waals surface area contributed by atoms with Gasteiger partial charge in [0.15, 0.2) is 0 Å². The van der Waals surface area contributed by atoms with E-state index in [0.29, 0.717) is 5.92 Å². The number of aryl methyl sites for hydroxylation is 1. The average molecular weight is 471 g/mol. The molecule has 7 nitrogen and oxygen atoms in total. The van der Waals surface area contributed by atoms with Crippen LogP contribution in [0.4, 0.5) is 4.79 Å². The molecule has 1 aliphatic carbocycles. The highest BCUT2D eigenvalue weighted by Gasteiger charge is 2.72. The summed E-state index contributed by atoms with van der Waals surface area (Å²) < 4.78 is 24.3. The van der Waals surface area contributed by atoms with Gasteiger partial charge in [0, 0.05) is 32.1 Å². The zero-order chi connectivity index (χ0) is 24.1. The Labute approximate surface area is 202 Å². The second kappa shape index (κ2) is 8.92. The van der Waals surface area contributed by atoms with E-state index < -0.39 is 0 Å². The van der Waals surface area contributed by atoms with Gasteiger partial charge in [0.2, 0.25) is 0 Å². The van der Waals surface area contributed by atoms with Crippen LogP contribution in [0.5, 0.6) is 0 Å². The van der Waals surface area contributed by atoms with E-state index in [1.54, 1.807) is 12.0 Å². The van der Waals surface area contributed by atoms with Crippen molar-refractivity contribution in [3.63, 3.8) is 0 Å². The molecule has 4 heterocycles. The van der Waals surface area contributed by atoms with Gasteiger partial charge in [0.1, 0.15) is 23.4 Å². The van der Waals surface area contributed by atoms with Crippen molar-refractivity contribution in [2.45, 2.75) is 82.9 Å². The molecule has 0 N–H and O–H groups in total. The van der Waals surface area contributed by atoms with Crippen LogP contribution in [0, 0.1) is 18.8 Å². The average Bonchev–Trinajstić information content (AvgIpc) is 3.68. The number of hydrogen-bond donors (Lipinski definition) is 0. The van der Waals surface area contributed by atoms with Crippen LogP contribution in [0.25, 0.3) is 0 Å². The maximum absolute atomic E-state index is 13.0. The number of allylic oxidation sites excluding steroid dienone is 1. The Morgan fingerprint density at radius 1 is 1.32 bits per heavy atom. The van der Waals surface area contributed by atoms with Crippen molar-refractivity contribution >= 4 is 6.09 Å². The van der Waals surface area contributed by atoms with Crippen molar-refractivity contribution in [2.75, 3.05) is 26.8 Å². The van der Waals surface area contributed by atoms with Crippen LogP contribution in [0.1, 0.15) is 51.3 Å². The fraction of sp³-hybridized carbons (Fsp3) is 0.704.